The molecule has 0 aliphatic carbocycles. The Hall–Kier alpha value is 3.97. The van der Waals surface area contributed by atoms with Crippen LogP contribution in [-0.2, 0) is 287 Å². The molecule has 4 heterocycles. The van der Waals surface area contributed by atoms with Crippen LogP contribution >= 0.6 is 12.4 Å². The molecule has 4 rings (SSSR count). The van der Waals surface area contributed by atoms with Crippen LogP contribution in [0, 0.1) is 75.7 Å². The molecule has 21 radical (unpaired) electrons. The molecule has 0 bridgehead atoms. The number of carbonyl (C=O) groups excluding carboxylic acids is 10. The zero-order valence-electron chi connectivity index (χ0n) is 77.1. The molecule has 30 nitrogen and oxygen atoms in total. The van der Waals surface area contributed by atoms with E-state index in [-0.39, 0.29) is 516 Å². The van der Waals surface area contributed by atoms with Gasteiger partial charge in [0.2, 0.25) is 17.7 Å². The molecule has 11 N–H and O–H groups in total. The van der Waals surface area contributed by atoms with E-state index in [1.54, 1.807) is 104 Å². The molecular formula is C82H193B7ClKN9O21UVY6-7. The second-order valence-electron chi connectivity index (χ2n) is 22.7. The average Bonchev–Trinajstić information content (AvgIpc) is 1.73. The largest absolute Gasteiger partial charge is 1.00 e. The average molecular weight is 2610 g/mol. The van der Waals surface area contributed by atoms with Crippen molar-refractivity contribution in [2.45, 2.75) is 353 Å². The Labute approximate surface area is 1040 Å². The summed E-state index contributed by atoms with van der Waals surface area (Å²) in [6, 6.07) is 0. The number of aliphatic hydroxyl groups excluding tert-OH is 1. The second-order valence-corrected chi connectivity index (χ2v) is 22.7. The number of aliphatic carboxylic acids is 1. The van der Waals surface area contributed by atoms with Gasteiger partial charge in [-0.3, -0.25) is 43.2 Å². The van der Waals surface area contributed by atoms with Gasteiger partial charge in [0.05, 0.1) is 20.9 Å². The Morgan fingerprint density at radius 1 is 0.512 bits per heavy atom. The Bertz CT molecular complexity index is 2300. The SMILES string of the molecule is C.C.C.C.C.C.C.C.C.C.C.C.C.C1CCOC1.C1CCOC1.CC.CC.CCC(=O)O.CO.C[N-]OC.Cl.[B][C@@H](C)NC(=O)OC(C)(C)C.[B][C@@H]1NC(=O)C(C)=C1C.[B][C@@H]1NC(=O)C(C)=C1C.[B][C@H](N)C(C)=O.[B][C@H](NC(=O)CC)C(C)=O.[B][C@H](NC(=O)OC(C)(C)C)C(=O)N(C)OC.[B][C@H](NC(=O)OC(C)(C)C)C(C)=O.[CH3-].[CH3-].[CH3-].[CH3-].[CH3-].[CH3-].[K+].[OH-].[U].[V].[Y].[Y].[Y].[Y].[Y].[Y]. The van der Waals surface area contributed by atoms with Gasteiger partial charge < -0.3 is 132 Å². The van der Waals surface area contributed by atoms with Crippen LogP contribution in [0.25, 0.3) is 5.48 Å². The summed E-state index contributed by atoms with van der Waals surface area (Å²) in [5.74, 6) is -7.03. The summed E-state index contributed by atoms with van der Waals surface area (Å²) >= 11 is 0. The van der Waals surface area contributed by atoms with Gasteiger partial charge in [-0.15, -0.1) is 19.5 Å². The summed E-state index contributed by atoms with van der Waals surface area (Å²) in [5, 5.41) is 29.9. The number of nitrogens with two attached hydrogens (primary N) is 1. The molecule has 755 valence electrons. The number of likely N-dealkylation sites (N-methyl/N-ethyl adjacent to an activating group) is 1. The van der Waals surface area contributed by atoms with E-state index in [4.69, 9.17) is 94.6 Å². The molecule has 0 aromatic rings. The number of nitrogens with zero attached hydrogens (tertiary/aromatic N) is 2. The number of Topliss-reactive ketones (excluding diaryl/α,β-unsaturated/α-hetero) is 3. The maximum absolute atomic E-state index is 11.4. The number of ketones is 3. The van der Waals surface area contributed by atoms with E-state index in [9.17, 15) is 52.7 Å². The summed E-state index contributed by atoms with van der Waals surface area (Å²) in [7, 11) is 43.8. The number of carboxylic acids is 1. The fourth-order valence-corrected chi connectivity index (χ4v) is 4.75. The zero-order chi connectivity index (χ0) is 80.7. The third kappa shape index (κ3) is 206. The van der Waals surface area contributed by atoms with E-state index in [0.717, 1.165) is 60.9 Å². The van der Waals surface area contributed by atoms with Crippen molar-refractivity contribution in [1.82, 2.24) is 37.0 Å². The molecule has 4 aliphatic rings. The van der Waals surface area contributed by atoms with Gasteiger partial charge in [-0.2, -0.15) is 0 Å². The Kier molecular flexibility index (Phi) is 356. The van der Waals surface area contributed by atoms with E-state index in [0.29, 0.717) is 6.42 Å². The fourth-order valence-electron chi connectivity index (χ4n) is 4.75. The second kappa shape index (κ2) is 171. The third-order valence-corrected chi connectivity index (χ3v) is 10.4. The number of nitrogens with one attached hydrogen (secondary N) is 6. The summed E-state index contributed by atoms with van der Waals surface area (Å²) < 4.78 is 24.6. The van der Waals surface area contributed by atoms with Gasteiger partial charge in [-0.05, 0) is 142 Å². The van der Waals surface area contributed by atoms with Crippen LogP contribution in [0.3, 0.4) is 0 Å². The van der Waals surface area contributed by atoms with Crippen LogP contribution in [-0.4, -0.2) is 261 Å². The molecule has 0 aromatic heterocycles. The smallest absolute Gasteiger partial charge is 0.870 e. The van der Waals surface area contributed by atoms with Gasteiger partial charge in [0.15, 0.2) is 0 Å². The van der Waals surface area contributed by atoms with Crippen molar-refractivity contribution in [2.75, 3.05) is 61.9 Å². The number of rotatable bonds is 12. The standard InChI is InChI=1S/C9H17BN2O4.C8H14BNO3.C7H14BNO2.C6H10BNO2.2C6H8BNO.2C4H8O.C3H6BNO.C3H6O2.C2H6NO.2C2H6.CH4O.13CH4.6CH3.ClH.K.H2O.U.V.6Y/c1-9(2,3)16-8(14)11-6(10)7(13)12(4)15-5;1-5(11)6(9)10-7(12)13-8(2,3)4;1-5(8)9-6(10)11-7(2,3)4;1-3-5(10)8-6(7)4(2)9;2*1-3-4(2)6(9)8-5(3)7;2*1-2-4-5-3-1;1-2(6)3(4)5;1-2-3(4)5;1-3-4-2;3*1-2;;;;;;;;;;;;;;;;;;;;;;;;;;;;;;/h6H,1-5H3,(H,11,14);6H,1-4H3,(H,10,12);5H,1-4H3,(H,9,10);6H,3H2,1-2H3,(H,8,10);2*5H,1-2H3,(H,8,9);2*1-4H2;3H,5H2,1H3;2H2,1H3,(H,4,5);1-2H3;2*1-2H3;2H,1H3;13*1H4;6*1H3;1H;;1H2;;;;;;;;/q;;;;;;;;;;-1;;;;;;;;;;;;;;;;;6*-1;;+1;;;;;;;;;/p-1/t2*6-;5-;6-;2*5-;;;3-;;;;;;;;;;;;;;;;;;;;;;;;;;;;;;;;;;;/m111111..1.................................../s1. The number of aliphatic hydroxyl groups is 1. The van der Waals surface area contributed by atoms with Crippen LogP contribution in [0.1, 0.15) is 294 Å². The molecule has 7 atom stereocenters. The Morgan fingerprint density at radius 2 is 0.713 bits per heavy atom. The number of carbonyl (C=O) groups is 11. The maximum atomic E-state index is 11.4. The van der Waals surface area contributed by atoms with Gasteiger partial charge in [0.25, 0.3) is 5.91 Å². The molecule has 129 heavy (non-hydrogen) atoms. The van der Waals surface area contributed by atoms with Crippen LogP contribution in [0.4, 0.5) is 14.4 Å². The number of hydrogen-bond acceptors (Lipinski definition) is 21. The van der Waals surface area contributed by atoms with Crippen LogP contribution < -0.4 is 89.0 Å². The number of ether oxygens (including phenoxy) is 5. The van der Waals surface area contributed by atoms with Crippen molar-refractivity contribution in [3.05, 3.63) is 72.3 Å². The number of carboxylic acid groups (broad SMARTS) is 1. The zero-order valence-corrected chi connectivity index (χ0v) is 104. The molecule has 0 spiro atoms. The predicted molar refractivity (Wildman–Crippen MR) is 528 cm³/mol. The fraction of sp³-hybridized carbons (Fsp3) is 0.744. The topological polar surface area (TPSA) is 438 Å². The van der Waals surface area contributed by atoms with Gasteiger partial charge in [0, 0.05) is 347 Å². The summed E-state index contributed by atoms with van der Waals surface area (Å²) in [4.78, 5) is 126. The van der Waals surface area contributed by atoms with E-state index < -0.39 is 70.7 Å². The van der Waals surface area contributed by atoms with Gasteiger partial charge >= 0.3 is 75.6 Å². The van der Waals surface area contributed by atoms with Gasteiger partial charge in [0.1, 0.15) is 81.2 Å². The maximum Gasteiger partial charge on any atom is 1.00 e. The quantitative estimate of drug-likeness (QED) is 0.0379. The van der Waals surface area contributed by atoms with E-state index in [1.807, 2.05) is 41.5 Å². The minimum absolute atomic E-state index is 0. The van der Waals surface area contributed by atoms with Gasteiger partial charge in [-0.25, -0.2) is 19.4 Å². The predicted octanol–water partition coefficient (Wildman–Crippen LogP) is 12.7. The van der Waals surface area contributed by atoms with Crippen LogP contribution in [0.5, 0.6) is 0 Å². The van der Waals surface area contributed by atoms with Crippen molar-refractivity contribution < 1.29 is 399 Å². The molecule has 4 aliphatic heterocycles. The van der Waals surface area contributed by atoms with Crippen LogP contribution in [0.2, 0.25) is 0 Å². The molecule has 0 aromatic carbocycles. The van der Waals surface area contributed by atoms with Crippen molar-refractivity contribution in [3.63, 3.8) is 0 Å². The minimum Gasteiger partial charge on any atom is -0.870 e. The van der Waals surface area contributed by atoms with Crippen molar-refractivity contribution >= 4 is 133 Å². The summed E-state index contributed by atoms with van der Waals surface area (Å²) in [6.45, 7) is 43.9. The third-order valence-electron chi connectivity index (χ3n) is 10.4. The summed E-state index contributed by atoms with van der Waals surface area (Å²) in [5.41, 5.74) is 9.81. The molecule has 0 saturated carbocycles. The number of hydrogen-bond donors (Lipinski definition) is 9. The molecule has 0 unspecified atom stereocenters. The van der Waals surface area contributed by atoms with E-state index >= 15 is 0 Å². The molecule has 47 heteroatoms. The molecule has 2 fully saturated rings. The molecule has 2 saturated heterocycles. The first-order chi connectivity index (χ1) is 45.4. The first-order valence-electron chi connectivity index (χ1n) is 31.9. The summed E-state index contributed by atoms with van der Waals surface area (Å²) in [6.07, 6.45) is 3.77. The Morgan fingerprint density at radius 3 is 0.829 bits per heavy atom. The number of halogens is 1. The van der Waals surface area contributed by atoms with Gasteiger partial charge in [-0.1, -0.05) is 156 Å². The monoisotopic (exact) mass is 2610 g/mol. The number of hydroxylamine groups is 3. The van der Waals surface area contributed by atoms with Crippen molar-refractivity contribution in [3.8, 4) is 0 Å². The normalized spacial score (nSPS) is 12.0. The first-order valence-corrected chi connectivity index (χ1v) is 31.9. The van der Waals surface area contributed by atoms with Crippen molar-refractivity contribution in [2.24, 2.45) is 5.73 Å². The molecule has 7 amide bonds. The van der Waals surface area contributed by atoms with E-state index in [2.05, 4.69) is 47.1 Å². The number of alkyl carbamates (subject to hydrolysis) is 3. The minimum atomic E-state index is -1.19. The Balaban J connectivity index is -0.0000000175. The molecular weight excluding hydrogens is 2420 g/mol. The van der Waals surface area contributed by atoms with Crippen LogP contribution in [0.15, 0.2) is 22.3 Å². The van der Waals surface area contributed by atoms with E-state index in [1.165, 1.54) is 67.7 Å². The first kappa shape index (κ1) is 268. The number of amides is 7. The van der Waals surface area contributed by atoms with Crippen molar-refractivity contribution in [1.29, 1.82) is 0 Å².